The van der Waals surface area contributed by atoms with Crippen LogP contribution in [0.3, 0.4) is 0 Å². The van der Waals surface area contributed by atoms with Gasteiger partial charge in [0, 0.05) is 6.26 Å². The highest BCUT2D eigenvalue weighted by molar-refractivity contribution is 7.90. The fourth-order valence-electron chi connectivity index (χ4n) is 2.30. The molecule has 0 saturated carbocycles. The van der Waals surface area contributed by atoms with E-state index >= 15 is 0 Å². The van der Waals surface area contributed by atoms with Crippen molar-refractivity contribution in [3.05, 3.63) is 59.9 Å². The van der Waals surface area contributed by atoms with Gasteiger partial charge in [-0.3, -0.25) is 0 Å². The zero-order chi connectivity index (χ0) is 19.7. The SMILES string of the molecule is CS(=O)(=O)c1ccc(-n2nnnc2COc2ccccc2C(F)(F)F)cc1. The van der Waals surface area contributed by atoms with Crippen molar-refractivity contribution >= 4 is 9.84 Å². The first-order valence-corrected chi connectivity index (χ1v) is 9.42. The fraction of sp³-hybridized carbons (Fsp3) is 0.188. The maximum absolute atomic E-state index is 13.0. The number of para-hydroxylation sites is 1. The van der Waals surface area contributed by atoms with Gasteiger partial charge >= 0.3 is 6.18 Å². The number of aromatic nitrogens is 4. The quantitative estimate of drug-likeness (QED) is 0.657. The number of halogens is 3. The van der Waals surface area contributed by atoms with Crippen molar-refractivity contribution < 1.29 is 26.3 Å². The maximum Gasteiger partial charge on any atom is 0.419 e. The molecule has 0 amide bonds. The molecular formula is C16H13F3N4O3S. The molecule has 1 heterocycles. The molecule has 7 nitrogen and oxygen atoms in total. The topological polar surface area (TPSA) is 87.0 Å². The smallest absolute Gasteiger partial charge is 0.419 e. The molecule has 11 heteroatoms. The summed E-state index contributed by atoms with van der Waals surface area (Å²) in [6.07, 6.45) is -3.47. The van der Waals surface area contributed by atoms with E-state index in [1.807, 2.05) is 0 Å². The minimum Gasteiger partial charge on any atom is -0.485 e. The van der Waals surface area contributed by atoms with Crippen molar-refractivity contribution in [2.24, 2.45) is 0 Å². The molecule has 0 unspecified atom stereocenters. The second-order valence-electron chi connectivity index (χ2n) is 5.56. The van der Waals surface area contributed by atoms with E-state index in [0.29, 0.717) is 5.69 Å². The van der Waals surface area contributed by atoms with Gasteiger partial charge in [-0.25, -0.2) is 8.42 Å². The first-order valence-electron chi connectivity index (χ1n) is 7.53. The van der Waals surface area contributed by atoms with Crippen LogP contribution in [0.2, 0.25) is 0 Å². The van der Waals surface area contributed by atoms with Gasteiger partial charge < -0.3 is 4.74 Å². The Morgan fingerprint density at radius 1 is 1.07 bits per heavy atom. The molecule has 0 atom stereocenters. The summed E-state index contributed by atoms with van der Waals surface area (Å²) < 4.78 is 68.6. The summed E-state index contributed by atoms with van der Waals surface area (Å²) in [5, 5.41) is 11.0. The van der Waals surface area contributed by atoms with Crippen molar-refractivity contribution in [1.82, 2.24) is 20.2 Å². The summed E-state index contributed by atoms with van der Waals surface area (Å²) in [5.74, 6) is -0.189. The van der Waals surface area contributed by atoms with Crippen LogP contribution < -0.4 is 4.74 Å². The van der Waals surface area contributed by atoms with Gasteiger partial charge in [0.1, 0.15) is 12.4 Å². The molecule has 1 aromatic heterocycles. The zero-order valence-electron chi connectivity index (χ0n) is 13.9. The van der Waals surface area contributed by atoms with Gasteiger partial charge in [-0.1, -0.05) is 12.1 Å². The molecular weight excluding hydrogens is 385 g/mol. The third-order valence-corrected chi connectivity index (χ3v) is 4.72. The molecule has 0 aliphatic heterocycles. The second-order valence-corrected chi connectivity index (χ2v) is 7.57. The molecule has 2 aromatic carbocycles. The van der Waals surface area contributed by atoms with E-state index in [-0.39, 0.29) is 23.1 Å². The number of alkyl halides is 3. The van der Waals surface area contributed by atoms with Gasteiger partial charge in [-0.05, 0) is 46.8 Å². The number of nitrogens with zero attached hydrogens (tertiary/aromatic N) is 4. The standard InChI is InChI=1S/C16H13F3N4O3S/c1-27(24,25)12-8-6-11(7-9-12)23-15(20-21-22-23)10-26-14-5-3-2-4-13(14)16(17,18)19/h2-9H,10H2,1H3. The number of ether oxygens (including phenoxy) is 1. The van der Waals surface area contributed by atoms with E-state index in [9.17, 15) is 21.6 Å². The molecule has 0 fully saturated rings. The lowest BCUT2D eigenvalue weighted by Gasteiger charge is -2.13. The van der Waals surface area contributed by atoms with Crippen LogP contribution >= 0.6 is 0 Å². The minimum atomic E-state index is -4.55. The summed E-state index contributed by atoms with van der Waals surface area (Å²) in [7, 11) is -3.36. The molecule has 0 N–H and O–H groups in total. The van der Waals surface area contributed by atoms with Crippen LogP contribution in [0.4, 0.5) is 13.2 Å². The second kappa shape index (κ2) is 6.99. The summed E-state index contributed by atoms with van der Waals surface area (Å²) in [5.41, 5.74) is -0.461. The van der Waals surface area contributed by atoms with Crippen molar-refractivity contribution in [1.29, 1.82) is 0 Å². The minimum absolute atomic E-state index is 0.122. The Kier molecular flexibility index (Phi) is 4.87. The predicted molar refractivity (Wildman–Crippen MR) is 88.0 cm³/mol. The number of tetrazole rings is 1. The Bertz CT molecular complexity index is 1050. The lowest BCUT2D eigenvalue weighted by Crippen LogP contribution is -2.11. The summed E-state index contributed by atoms with van der Waals surface area (Å²) in [6, 6.07) is 10.6. The number of benzene rings is 2. The molecule has 0 aliphatic carbocycles. The average molecular weight is 398 g/mol. The van der Waals surface area contributed by atoms with E-state index in [1.165, 1.54) is 47.1 Å². The largest absolute Gasteiger partial charge is 0.485 e. The van der Waals surface area contributed by atoms with Crippen LogP contribution in [0, 0.1) is 0 Å². The van der Waals surface area contributed by atoms with Gasteiger partial charge in [0.05, 0.1) is 16.1 Å². The van der Waals surface area contributed by atoms with E-state index in [2.05, 4.69) is 15.5 Å². The van der Waals surface area contributed by atoms with Gasteiger partial charge in [0.25, 0.3) is 0 Å². The molecule has 3 rings (SSSR count). The van der Waals surface area contributed by atoms with Crippen LogP contribution in [0.15, 0.2) is 53.4 Å². The van der Waals surface area contributed by atoms with E-state index in [1.54, 1.807) is 0 Å². The maximum atomic E-state index is 13.0. The highest BCUT2D eigenvalue weighted by atomic mass is 32.2. The third-order valence-electron chi connectivity index (χ3n) is 3.59. The Balaban J connectivity index is 1.83. The summed E-state index contributed by atoms with van der Waals surface area (Å²) >= 11 is 0. The van der Waals surface area contributed by atoms with Crippen LogP contribution in [-0.4, -0.2) is 34.9 Å². The third kappa shape index (κ3) is 4.25. The van der Waals surface area contributed by atoms with E-state index in [0.717, 1.165) is 12.3 Å². The van der Waals surface area contributed by atoms with Crippen molar-refractivity contribution in [3.63, 3.8) is 0 Å². The molecule has 0 saturated heterocycles. The Hall–Kier alpha value is -2.95. The van der Waals surface area contributed by atoms with Crippen LogP contribution in [0.25, 0.3) is 5.69 Å². The van der Waals surface area contributed by atoms with Crippen molar-refractivity contribution in [2.75, 3.05) is 6.26 Å². The molecule has 0 spiro atoms. The first-order chi connectivity index (χ1) is 12.7. The van der Waals surface area contributed by atoms with Gasteiger partial charge in [-0.15, -0.1) is 5.10 Å². The molecule has 142 valence electrons. The lowest BCUT2D eigenvalue weighted by molar-refractivity contribution is -0.139. The summed E-state index contributed by atoms with van der Waals surface area (Å²) in [6.45, 7) is -0.312. The number of hydrogen-bond donors (Lipinski definition) is 0. The molecule has 3 aromatic rings. The average Bonchev–Trinajstić information content (AvgIpc) is 3.07. The van der Waals surface area contributed by atoms with Crippen LogP contribution in [-0.2, 0) is 22.6 Å². The van der Waals surface area contributed by atoms with E-state index in [4.69, 9.17) is 4.74 Å². The molecule has 0 radical (unpaired) electrons. The molecule has 0 bridgehead atoms. The first kappa shape index (κ1) is 18.8. The Morgan fingerprint density at radius 2 is 1.74 bits per heavy atom. The van der Waals surface area contributed by atoms with Crippen molar-refractivity contribution in [2.45, 2.75) is 17.7 Å². The highest BCUT2D eigenvalue weighted by Crippen LogP contribution is 2.36. The monoisotopic (exact) mass is 398 g/mol. The number of sulfone groups is 1. The lowest BCUT2D eigenvalue weighted by atomic mass is 10.2. The summed E-state index contributed by atoms with van der Waals surface area (Å²) in [4.78, 5) is 0.122. The fourth-order valence-corrected chi connectivity index (χ4v) is 2.93. The van der Waals surface area contributed by atoms with Gasteiger partial charge in [0.2, 0.25) is 0 Å². The highest BCUT2D eigenvalue weighted by Gasteiger charge is 2.34. The predicted octanol–water partition coefficient (Wildman–Crippen LogP) is 2.66. The number of rotatable bonds is 5. The van der Waals surface area contributed by atoms with Gasteiger partial charge in [0.15, 0.2) is 15.7 Å². The van der Waals surface area contributed by atoms with Crippen molar-refractivity contribution in [3.8, 4) is 11.4 Å². The molecule has 0 aliphatic rings. The van der Waals surface area contributed by atoms with Gasteiger partial charge in [-0.2, -0.15) is 17.9 Å². The Labute approximate surface area is 152 Å². The zero-order valence-corrected chi connectivity index (χ0v) is 14.7. The van der Waals surface area contributed by atoms with E-state index < -0.39 is 21.6 Å². The van der Waals surface area contributed by atoms with Crippen LogP contribution in [0.1, 0.15) is 11.4 Å². The normalized spacial score (nSPS) is 12.1. The van der Waals surface area contributed by atoms with Crippen LogP contribution in [0.5, 0.6) is 5.75 Å². The number of hydrogen-bond acceptors (Lipinski definition) is 6. The molecule has 27 heavy (non-hydrogen) atoms. The Morgan fingerprint density at radius 3 is 2.37 bits per heavy atom.